The molecule has 0 aliphatic carbocycles. The van der Waals surface area contributed by atoms with Crippen LogP contribution in [0.2, 0.25) is 0 Å². The van der Waals surface area contributed by atoms with Crippen LogP contribution in [-0.4, -0.2) is 15.2 Å². The molecule has 0 aliphatic rings. The predicted octanol–water partition coefficient (Wildman–Crippen LogP) is 1.74. The van der Waals surface area contributed by atoms with Gasteiger partial charge < -0.3 is 0 Å². The SMILES string of the molecule is Fc1cncc(-c2nncs2)c1. The second-order valence-electron chi connectivity index (χ2n) is 2.14. The first-order valence-corrected chi connectivity index (χ1v) is 4.11. The predicted molar refractivity (Wildman–Crippen MR) is 43.1 cm³/mol. The van der Waals surface area contributed by atoms with Gasteiger partial charge in [-0.25, -0.2) is 4.39 Å². The Hall–Kier alpha value is -1.36. The zero-order chi connectivity index (χ0) is 8.39. The van der Waals surface area contributed by atoms with Gasteiger partial charge >= 0.3 is 0 Å². The van der Waals surface area contributed by atoms with E-state index in [9.17, 15) is 4.39 Å². The van der Waals surface area contributed by atoms with Gasteiger partial charge in [-0.2, -0.15) is 0 Å². The third kappa shape index (κ3) is 1.31. The quantitative estimate of drug-likeness (QED) is 0.672. The van der Waals surface area contributed by atoms with E-state index in [1.807, 2.05) is 0 Å². The van der Waals surface area contributed by atoms with Gasteiger partial charge in [0.25, 0.3) is 0 Å². The Morgan fingerprint density at radius 1 is 1.33 bits per heavy atom. The third-order valence-electron chi connectivity index (χ3n) is 1.31. The summed E-state index contributed by atoms with van der Waals surface area (Å²) in [7, 11) is 0. The molecule has 0 radical (unpaired) electrons. The van der Waals surface area contributed by atoms with Crippen LogP contribution in [0.5, 0.6) is 0 Å². The van der Waals surface area contributed by atoms with E-state index in [4.69, 9.17) is 0 Å². The average molecular weight is 181 g/mol. The molecule has 5 heteroatoms. The second kappa shape index (κ2) is 2.94. The molecule has 0 saturated carbocycles. The number of aromatic nitrogens is 3. The van der Waals surface area contributed by atoms with Crippen LogP contribution in [0.3, 0.4) is 0 Å². The molecule has 12 heavy (non-hydrogen) atoms. The van der Waals surface area contributed by atoms with Crippen molar-refractivity contribution >= 4 is 11.3 Å². The van der Waals surface area contributed by atoms with E-state index < -0.39 is 0 Å². The summed E-state index contributed by atoms with van der Waals surface area (Å²) in [5, 5.41) is 8.12. The van der Waals surface area contributed by atoms with E-state index in [0.29, 0.717) is 10.6 Å². The second-order valence-corrected chi connectivity index (χ2v) is 2.97. The monoisotopic (exact) mass is 181 g/mol. The highest BCUT2D eigenvalue weighted by Crippen LogP contribution is 2.19. The van der Waals surface area contributed by atoms with Crippen LogP contribution in [0.4, 0.5) is 4.39 Å². The lowest BCUT2D eigenvalue weighted by Gasteiger charge is -1.92. The maximum absolute atomic E-state index is 12.7. The lowest BCUT2D eigenvalue weighted by Crippen LogP contribution is -1.81. The van der Waals surface area contributed by atoms with Crippen LogP contribution >= 0.6 is 11.3 Å². The maximum Gasteiger partial charge on any atom is 0.149 e. The van der Waals surface area contributed by atoms with Crippen LogP contribution < -0.4 is 0 Å². The minimum absolute atomic E-state index is 0.359. The number of rotatable bonds is 1. The van der Waals surface area contributed by atoms with Crippen molar-refractivity contribution in [2.75, 3.05) is 0 Å². The molecule has 2 aromatic heterocycles. The van der Waals surface area contributed by atoms with Crippen LogP contribution in [0.25, 0.3) is 10.6 Å². The first kappa shape index (κ1) is 7.30. The van der Waals surface area contributed by atoms with Crippen LogP contribution in [-0.2, 0) is 0 Å². The van der Waals surface area contributed by atoms with Crippen LogP contribution in [0, 0.1) is 5.82 Å². The molecule has 0 saturated heterocycles. The third-order valence-corrected chi connectivity index (χ3v) is 2.05. The Kier molecular flexibility index (Phi) is 1.79. The Morgan fingerprint density at radius 3 is 2.92 bits per heavy atom. The molecular weight excluding hydrogens is 177 g/mol. The first-order valence-electron chi connectivity index (χ1n) is 3.23. The summed E-state index contributed by atoms with van der Waals surface area (Å²) in [4.78, 5) is 3.70. The number of nitrogens with zero attached hydrogens (tertiary/aromatic N) is 3. The molecule has 60 valence electrons. The van der Waals surface area contributed by atoms with Gasteiger partial charge in [0.1, 0.15) is 16.3 Å². The highest BCUT2D eigenvalue weighted by Gasteiger charge is 2.01. The molecule has 0 fully saturated rings. The average Bonchev–Trinajstić information content (AvgIpc) is 2.56. The minimum atomic E-state index is -0.359. The van der Waals surface area contributed by atoms with Gasteiger partial charge in [0.2, 0.25) is 0 Å². The fraction of sp³-hybridized carbons (Fsp3) is 0. The topological polar surface area (TPSA) is 38.7 Å². The molecular formula is C7H4FN3S. The van der Waals surface area contributed by atoms with Gasteiger partial charge in [-0.1, -0.05) is 11.3 Å². The largest absolute Gasteiger partial charge is 0.261 e. The summed E-state index contributed by atoms with van der Waals surface area (Å²) in [5.74, 6) is -0.359. The summed E-state index contributed by atoms with van der Waals surface area (Å²) in [5.41, 5.74) is 2.26. The van der Waals surface area contributed by atoms with Crippen molar-refractivity contribution in [1.29, 1.82) is 0 Å². The van der Waals surface area contributed by atoms with Gasteiger partial charge in [-0.3, -0.25) is 4.98 Å². The summed E-state index contributed by atoms with van der Waals surface area (Å²) >= 11 is 1.36. The molecule has 0 aromatic carbocycles. The van der Waals surface area contributed by atoms with Gasteiger partial charge in [-0.05, 0) is 6.07 Å². The highest BCUT2D eigenvalue weighted by molar-refractivity contribution is 7.12. The summed E-state index contributed by atoms with van der Waals surface area (Å²) in [6, 6.07) is 1.38. The van der Waals surface area contributed by atoms with Gasteiger partial charge in [-0.15, -0.1) is 10.2 Å². The minimum Gasteiger partial charge on any atom is -0.261 e. The Balaban J connectivity index is 2.48. The van der Waals surface area contributed by atoms with Crippen molar-refractivity contribution in [2.45, 2.75) is 0 Å². The summed E-state index contributed by atoms with van der Waals surface area (Å²) in [6.07, 6.45) is 2.72. The highest BCUT2D eigenvalue weighted by atomic mass is 32.1. The summed E-state index contributed by atoms with van der Waals surface area (Å²) in [6.45, 7) is 0. The zero-order valence-electron chi connectivity index (χ0n) is 5.94. The van der Waals surface area contributed by atoms with Crippen molar-refractivity contribution in [3.63, 3.8) is 0 Å². The molecule has 0 bridgehead atoms. The Morgan fingerprint density at radius 2 is 2.25 bits per heavy atom. The number of halogens is 1. The molecule has 2 rings (SSSR count). The van der Waals surface area contributed by atoms with E-state index >= 15 is 0 Å². The normalized spacial score (nSPS) is 10.1. The molecule has 0 atom stereocenters. The molecule has 0 aliphatic heterocycles. The van der Waals surface area contributed by atoms with E-state index in [1.165, 1.54) is 17.4 Å². The van der Waals surface area contributed by atoms with Crippen molar-refractivity contribution < 1.29 is 4.39 Å². The lowest BCUT2D eigenvalue weighted by atomic mass is 10.3. The van der Waals surface area contributed by atoms with Gasteiger partial charge in [0.05, 0.1) is 6.20 Å². The molecule has 0 spiro atoms. The lowest BCUT2D eigenvalue weighted by molar-refractivity contribution is 0.622. The Labute approximate surface area is 71.9 Å². The molecule has 0 N–H and O–H groups in total. The van der Waals surface area contributed by atoms with E-state index in [0.717, 1.165) is 6.20 Å². The maximum atomic E-state index is 12.7. The standard InChI is InChI=1S/C7H4FN3S/c8-6-1-5(2-9-3-6)7-11-10-4-12-7/h1-4H. The first-order chi connectivity index (χ1) is 5.86. The zero-order valence-corrected chi connectivity index (χ0v) is 6.75. The fourth-order valence-electron chi connectivity index (χ4n) is 0.828. The Bertz CT molecular complexity index is 374. The van der Waals surface area contributed by atoms with Gasteiger partial charge in [0, 0.05) is 11.8 Å². The number of hydrogen-bond donors (Lipinski definition) is 0. The molecule has 2 heterocycles. The smallest absolute Gasteiger partial charge is 0.149 e. The molecule has 3 nitrogen and oxygen atoms in total. The number of pyridine rings is 1. The van der Waals surface area contributed by atoms with Crippen LogP contribution in [0.15, 0.2) is 24.0 Å². The van der Waals surface area contributed by atoms with Crippen molar-refractivity contribution in [3.05, 3.63) is 29.8 Å². The van der Waals surface area contributed by atoms with Crippen molar-refractivity contribution in [3.8, 4) is 10.6 Å². The van der Waals surface area contributed by atoms with E-state index in [1.54, 1.807) is 11.7 Å². The van der Waals surface area contributed by atoms with Gasteiger partial charge in [0.15, 0.2) is 0 Å². The number of hydrogen-bond acceptors (Lipinski definition) is 4. The van der Waals surface area contributed by atoms with E-state index in [2.05, 4.69) is 15.2 Å². The van der Waals surface area contributed by atoms with Crippen molar-refractivity contribution in [2.24, 2.45) is 0 Å². The van der Waals surface area contributed by atoms with Crippen molar-refractivity contribution in [1.82, 2.24) is 15.2 Å². The fourth-order valence-corrected chi connectivity index (χ4v) is 1.36. The molecule has 0 amide bonds. The summed E-state index contributed by atoms with van der Waals surface area (Å²) < 4.78 is 12.7. The van der Waals surface area contributed by atoms with Crippen LogP contribution in [0.1, 0.15) is 0 Å². The molecule has 0 unspecified atom stereocenters. The molecule has 2 aromatic rings. The van der Waals surface area contributed by atoms with E-state index in [-0.39, 0.29) is 5.82 Å².